The largest absolute Gasteiger partial charge is 0.386 e. The predicted octanol–water partition coefficient (Wildman–Crippen LogP) is 2.69. The van der Waals surface area contributed by atoms with Gasteiger partial charge in [-0.05, 0) is 27.2 Å². The van der Waals surface area contributed by atoms with Crippen LogP contribution in [0.1, 0.15) is 47.5 Å². The molecule has 3 heteroatoms. The van der Waals surface area contributed by atoms with Crippen molar-refractivity contribution in [3.05, 3.63) is 12.3 Å². The van der Waals surface area contributed by atoms with E-state index in [1.54, 1.807) is 0 Å². The zero-order valence-corrected chi connectivity index (χ0v) is 10.1. The SMILES string of the molecule is C=C(CC)N(/N=C(\N)CC)C(C)(C)C. The molecule has 0 aromatic rings. The minimum absolute atomic E-state index is 0.0626. The zero-order valence-electron chi connectivity index (χ0n) is 10.1. The molecule has 0 aliphatic rings. The predicted molar refractivity (Wildman–Crippen MR) is 62.9 cm³/mol. The summed E-state index contributed by atoms with van der Waals surface area (Å²) in [7, 11) is 0. The lowest BCUT2D eigenvalue weighted by molar-refractivity contribution is 0.188. The first kappa shape index (κ1) is 13.0. The van der Waals surface area contributed by atoms with Gasteiger partial charge in [0, 0.05) is 12.1 Å². The molecular weight excluding hydrogens is 174 g/mol. The first-order valence-corrected chi connectivity index (χ1v) is 5.13. The Hall–Kier alpha value is -0.990. The first-order chi connectivity index (χ1) is 6.32. The fraction of sp³-hybridized carbons (Fsp3) is 0.727. The molecule has 0 radical (unpaired) electrons. The number of allylic oxidation sites excluding steroid dienone is 1. The number of nitrogens with zero attached hydrogens (tertiary/aromatic N) is 2. The Balaban J connectivity index is 4.84. The lowest BCUT2D eigenvalue weighted by Crippen LogP contribution is -2.37. The van der Waals surface area contributed by atoms with Crippen molar-refractivity contribution in [1.82, 2.24) is 5.01 Å². The third kappa shape index (κ3) is 3.81. The van der Waals surface area contributed by atoms with Gasteiger partial charge in [-0.25, -0.2) is 0 Å². The van der Waals surface area contributed by atoms with Crippen LogP contribution in [0.3, 0.4) is 0 Å². The van der Waals surface area contributed by atoms with E-state index in [0.29, 0.717) is 5.84 Å². The summed E-state index contributed by atoms with van der Waals surface area (Å²) in [5.74, 6) is 0.648. The zero-order chi connectivity index (χ0) is 11.4. The highest BCUT2D eigenvalue weighted by molar-refractivity contribution is 5.79. The van der Waals surface area contributed by atoms with Gasteiger partial charge in [-0.3, -0.25) is 5.01 Å². The molecule has 0 heterocycles. The molecule has 0 bridgehead atoms. The molecule has 0 aliphatic heterocycles. The molecule has 3 nitrogen and oxygen atoms in total. The molecule has 0 saturated heterocycles. The molecular formula is C11H23N3. The van der Waals surface area contributed by atoms with Gasteiger partial charge in [0.25, 0.3) is 0 Å². The van der Waals surface area contributed by atoms with Crippen LogP contribution in [0.15, 0.2) is 17.4 Å². The van der Waals surface area contributed by atoms with E-state index in [4.69, 9.17) is 5.73 Å². The minimum atomic E-state index is -0.0626. The van der Waals surface area contributed by atoms with Gasteiger partial charge < -0.3 is 5.73 Å². The second-order valence-electron chi connectivity index (χ2n) is 4.35. The lowest BCUT2D eigenvalue weighted by atomic mass is 10.1. The van der Waals surface area contributed by atoms with E-state index < -0.39 is 0 Å². The Morgan fingerprint density at radius 1 is 1.29 bits per heavy atom. The van der Waals surface area contributed by atoms with E-state index in [1.165, 1.54) is 0 Å². The van der Waals surface area contributed by atoms with Gasteiger partial charge in [0.05, 0.1) is 5.54 Å². The highest BCUT2D eigenvalue weighted by atomic mass is 15.5. The highest BCUT2D eigenvalue weighted by Gasteiger charge is 2.21. The molecule has 0 spiro atoms. The summed E-state index contributed by atoms with van der Waals surface area (Å²) in [5.41, 5.74) is 6.66. The number of rotatable bonds is 4. The Morgan fingerprint density at radius 3 is 2.07 bits per heavy atom. The van der Waals surface area contributed by atoms with E-state index in [0.717, 1.165) is 18.5 Å². The number of hydrogen-bond acceptors (Lipinski definition) is 2. The average molecular weight is 197 g/mol. The number of hydrazone groups is 1. The molecule has 0 fully saturated rings. The highest BCUT2D eigenvalue weighted by Crippen LogP contribution is 2.20. The average Bonchev–Trinajstić information content (AvgIpc) is 2.10. The fourth-order valence-electron chi connectivity index (χ4n) is 1.04. The monoisotopic (exact) mass is 197 g/mol. The van der Waals surface area contributed by atoms with Crippen molar-refractivity contribution < 1.29 is 0 Å². The summed E-state index contributed by atoms with van der Waals surface area (Å²) >= 11 is 0. The number of hydrogen-bond donors (Lipinski definition) is 1. The fourth-order valence-corrected chi connectivity index (χ4v) is 1.04. The maximum Gasteiger partial charge on any atom is 0.119 e. The van der Waals surface area contributed by atoms with Gasteiger partial charge in [-0.2, -0.15) is 5.10 Å². The van der Waals surface area contributed by atoms with Crippen LogP contribution >= 0.6 is 0 Å². The summed E-state index contributed by atoms with van der Waals surface area (Å²) in [6.07, 6.45) is 1.65. The van der Waals surface area contributed by atoms with Crippen molar-refractivity contribution in [2.45, 2.75) is 53.0 Å². The van der Waals surface area contributed by atoms with Gasteiger partial charge in [0.1, 0.15) is 5.84 Å². The lowest BCUT2D eigenvalue weighted by Gasteiger charge is -2.34. The summed E-state index contributed by atoms with van der Waals surface area (Å²) in [4.78, 5) is 0. The van der Waals surface area contributed by atoms with Crippen LogP contribution in [-0.2, 0) is 0 Å². The molecule has 2 N–H and O–H groups in total. The topological polar surface area (TPSA) is 41.6 Å². The Labute approximate surface area is 87.7 Å². The standard InChI is InChI=1S/C11H23N3/c1-7-9(3)14(11(4,5)6)13-10(12)8-2/h3,7-8H2,1-2,4-6H3,(H2,12,13). The van der Waals surface area contributed by atoms with Crippen molar-refractivity contribution in [2.24, 2.45) is 10.8 Å². The molecule has 82 valence electrons. The van der Waals surface area contributed by atoms with Crippen molar-refractivity contribution in [1.29, 1.82) is 0 Å². The summed E-state index contributed by atoms with van der Waals surface area (Å²) in [5, 5.41) is 6.27. The Morgan fingerprint density at radius 2 is 1.79 bits per heavy atom. The van der Waals surface area contributed by atoms with Gasteiger partial charge in [0.2, 0.25) is 0 Å². The van der Waals surface area contributed by atoms with Crippen LogP contribution in [0.5, 0.6) is 0 Å². The van der Waals surface area contributed by atoms with Gasteiger partial charge in [0.15, 0.2) is 0 Å². The second-order valence-corrected chi connectivity index (χ2v) is 4.35. The summed E-state index contributed by atoms with van der Waals surface area (Å²) in [6, 6.07) is 0. The van der Waals surface area contributed by atoms with Crippen molar-refractivity contribution in [3.63, 3.8) is 0 Å². The minimum Gasteiger partial charge on any atom is -0.386 e. The molecule has 0 saturated carbocycles. The Kier molecular flexibility index (Phi) is 4.68. The Bertz CT molecular complexity index is 223. The normalized spacial score (nSPS) is 12.8. The smallest absolute Gasteiger partial charge is 0.119 e. The quantitative estimate of drug-likeness (QED) is 0.428. The van der Waals surface area contributed by atoms with E-state index >= 15 is 0 Å². The van der Waals surface area contributed by atoms with Crippen LogP contribution in [0.4, 0.5) is 0 Å². The van der Waals surface area contributed by atoms with E-state index in [1.807, 2.05) is 11.9 Å². The van der Waals surface area contributed by atoms with Crippen molar-refractivity contribution >= 4 is 5.84 Å². The maximum absolute atomic E-state index is 5.73. The number of nitrogens with two attached hydrogens (primary N) is 1. The van der Waals surface area contributed by atoms with Crippen LogP contribution in [0.25, 0.3) is 0 Å². The van der Waals surface area contributed by atoms with Crippen LogP contribution < -0.4 is 5.73 Å². The van der Waals surface area contributed by atoms with E-state index in [9.17, 15) is 0 Å². The van der Waals surface area contributed by atoms with Crippen LogP contribution in [-0.4, -0.2) is 16.4 Å². The van der Waals surface area contributed by atoms with E-state index in [2.05, 4.69) is 39.4 Å². The second kappa shape index (κ2) is 5.03. The molecule has 0 rings (SSSR count). The van der Waals surface area contributed by atoms with Crippen LogP contribution in [0, 0.1) is 0 Å². The molecule has 0 atom stereocenters. The third-order valence-electron chi connectivity index (χ3n) is 1.93. The molecule has 0 aliphatic carbocycles. The van der Waals surface area contributed by atoms with Gasteiger partial charge >= 0.3 is 0 Å². The van der Waals surface area contributed by atoms with Crippen LogP contribution in [0.2, 0.25) is 0 Å². The third-order valence-corrected chi connectivity index (χ3v) is 1.93. The first-order valence-electron chi connectivity index (χ1n) is 5.13. The summed E-state index contributed by atoms with van der Waals surface area (Å²) in [6.45, 7) is 14.3. The number of amidine groups is 1. The maximum atomic E-state index is 5.73. The molecule has 0 unspecified atom stereocenters. The van der Waals surface area contributed by atoms with Gasteiger partial charge in [-0.15, -0.1) is 0 Å². The van der Waals surface area contributed by atoms with Crippen molar-refractivity contribution in [3.8, 4) is 0 Å². The molecule has 14 heavy (non-hydrogen) atoms. The van der Waals surface area contributed by atoms with Crippen molar-refractivity contribution in [2.75, 3.05) is 0 Å². The van der Waals surface area contributed by atoms with Gasteiger partial charge in [-0.1, -0.05) is 20.4 Å². The van der Waals surface area contributed by atoms with E-state index in [-0.39, 0.29) is 5.54 Å². The summed E-state index contributed by atoms with van der Waals surface area (Å²) < 4.78 is 0. The molecule has 0 aromatic carbocycles. The molecule has 0 amide bonds. The molecule has 0 aromatic heterocycles.